The van der Waals surface area contributed by atoms with E-state index in [4.69, 9.17) is 0 Å². The van der Waals surface area contributed by atoms with Gasteiger partial charge in [-0.05, 0) is 48.7 Å². The number of H-pyrrole nitrogens is 1. The van der Waals surface area contributed by atoms with Crippen LogP contribution in [-0.2, 0) is 16.1 Å². The van der Waals surface area contributed by atoms with Gasteiger partial charge in [0.25, 0.3) is 0 Å². The van der Waals surface area contributed by atoms with Gasteiger partial charge < -0.3 is 15.6 Å². The number of halogens is 1. The van der Waals surface area contributed by atoms with Gasteiger partial charge in [-0.25, -0.2) is 4.39 Å². The third kappa shape index (κ3) is 5.79. The molecule has 0 radical (unpaired) electrons. The Morgan fingerprint density at radius 1 is 1.06 bits per heavy atom. The number of amides is 2. The summed E-state index contributed by atoms with van der Waals surface area (Å²) in [7, 11) is 0. The van der Waals surface area contributed by atoms with Crippen molar-refractivity contribution in [2.24, 2.45) is 11.8 Å². The fraction of sp³-hybridized carbons (Fsp3) is 0.385. The number of carbonyl (C=O) groups excluding carboxylic acids is 2. The number of aromatic nitrogens is 1. The zero-order valence-corrected chi connectivity index (χ0v) is 18.9. The van der Waals surface area contributed by atoms with E-state index < -0.39 is 0 Å². The highest BCUT2D eigenvalue weighted by molar-refractivity contribution is 5.93. The van der Waals surface area contributed by atoms with Gasteiger partial charge in [0.2, 0.25) is 11.8 Å². The van der Waals surface area contributed by atoms with Gasteiger partial charge in [-0.1, -0.05) is 31.5 Å². The Labute approximate surface area is 193 Å². The Bertz CT molecular complexity index is 1100. The van der Waals surface area contributed by atoms with Crippen LogP contribution < -0.4 is 10.6 Å². The fourth-order valence-corrected chi connectivity index (χ4v) is 4.51. The van der Waals surface area contributed by atoms with E-state index in [2.05, 4.69) is 33.5 Å². The highest BCUT2D eigenvalue weighted by Crippen LogP contribution is 2.27. The third-order valence-electron chi connectivity index (χ3n) is 6.28. The standard InChI is InChI=1S/C26H31FN4O2/c1-2-3-12-28-25(32)18-13-19(26(33)30-22-10-8-21(27)9-11-22)16-31(15-18)17-20-14-29-24-7-5-4-6-23(20)24/h4-11,14,18-19,29H,2-3,12-13,15-17H2,1H3,(H,28,32)(H,30,33)/t18-,19+/m0/s1. The highest BCUT2D eigenvalue weighted by atomic mass is 19.1. The molecular formula is C26H31FN4O2. The Morgan fingerprint density at radius 2 is 1.79 bits per heavy atom. The number of benzene rings is 2. The van der Waals surface area contributed by atoms with Crippen molar-refractivity contribution in [2.75, 3.05) is 25.0 Å². The topological polar surface area (TPSA) is 77.2 Å². The highest BCUT2D eigenvalue weighted by Gasteiger charge is 2.35. The zero-order chi connectivity index (χ0) is 23.2. The second-order valence-corrected chi connectivity index (χ2v) is 8.82. The van der Waals surface area contributed by atoms with Gasteiger partial charge in [-0.15, -0.1) is 0 Å². The number of fused-ring (bicyclic) bond motifs is 1. The van der Waals surface area contributed by atoms with Crippen LogP contribution in [0.5, 0.6) is 0 Å². The first-order valence-electron chi connectivity index (χ1n) is 11.6. The molecule has 0 saturated carbocycles. The van der Waals surface area contributed by atoms with Gasteiger partial charge >= 0.3 is 0 Å². The average molecular weight is 451 g/mol. The minimum absolute atomic E-state index is 0.00617. The summed E-state index contributed by atoms with van der Waals surface area (Å²) in [5.41, 5.74) is 2.78. The maximum atomic E-state index is 13.2. The first-order chi connectivity index (χ1) is 16.0. The lowest BCUT2D eigenvalue weighted by Crippen LogP contribution is -2.49. The number of aromatic amines is 1. The molecule has 3 aromatic rings. The molecule has 0 aliphatic carbocycles. The van der Waals surface area contributed by atoms with Gasteiger partial charge in [0.05, 0.1) is 11.8 Å². The second-order valence-electron chi connectivity index (χ2n) is 8.82. The van der Waals surface area contributed by atoms with Crippen molar-refractivity contribution in [3.8, 4) is 0 Å². The number of likely N-dealkylation sites (tertiary alicyclic amines) is 1. The van der Waals surface area contributed by atoms with Crippen LogP contribution in [0, 0.1) is 17.7 Å². The summed E-state index contributed by atoms with van der Waals surface area (Å²) in [6, 6.07) is 13.9. The van der Waals surface area contributed by atoms with Crippen LogP contribution in [0.1, 0.15) is 31.7 Å². The summed E-state index contributed by atoms with van der Waals surface area (Å²) in [6.07, 6.45) is 4.45. The second kappa shape index (κ2) is 10.6. The van der Waals surface area contributed by atoms with Crippen molar-refractivity contribution in [1.29, 1.82) is 0 Å². The lowest BCUT2D eigenvalue weighted by Gasteiger charge is -2.36. The molecule has 174 valence electrons. The normalized spacial score (nSPS) is 18.8. The number of piperidine rings is 1. The van der Waals surface area contributed by atoms with Gasteiger partial charge in [0, 0.05) is 49.0 Å². The predicted molar refractivity (Wildman–Crippen MR) is 128 cm³/mol. The molecule has 0 spiro atoms. The number of rotatable bonds is 8. The number of hydrogen-bond donors (Lipinski definition) is 3. The monoisotopic (exact) mass is 450 g/mol. The molecule has 0 bridgehead atoms. The lowest BCUT2D eigenvalue weighted by molar-refractivity contribution is -0.130. The molecule has 33 heavy (non-hydrogen) atoms. The van der Waals surface area contributed by atoms with Crippen LogP contribution in [0.2, 0.25) is 0 Å². The Balaban J connectivity index is 1.49. The summed E-state index contributed by atoms with van der Waals surface area (Å²) in [6.45, 7) is 4.57. The number of unbranched alkanes of at least 4 members (excludes halogenated alkanes) is 1. The van der Waals surface area contributed by atoms with Gasteiger partial charge in [-0.3, -0.25) is 14.5 Å². The molecule has 1 aliphatic heterocycles. The van der Waals surface area contributed by atoms with Crippen LogP contribution in [0.25, 0.3) is 10.9 Å². The van der Waals surface area contributed by atoms with Crippen molar-refractivity contribution >= 4 is 28.4 Å². The number of hydrogen-bond acceptors (Lipinski definition) is 3. The molecular weight excluding hydrogens is 419 g/mol. The Morgan fingerprint density at radius 3 is 2.55 bits per heavy atom. The fourth-order valence-electron chi connectivity index (χ4n) is 4.51. The molecule has 2 atom stereocenters. The first kappa shape index (κ1) is 23.0. The average Bonchev–Trinajstić information content (AvgIpc) is 3.23. The van der Waals surface area contributed by atoms with Crippen LogP contribution in [0.3, 0.4) is 0 Å². The number of para-hydroxylation sites is 1. The summed E-state index contributed by atoms with van der Waals surface area (Å²) in [5, 5.41) is 7.07. The smallest absolute Gasteiger partial charge is 0.228 e. The van der Waals surface area contributed by atoms with Gasteiger partial charge in [0.15, 0.2) is 0 Å². The molecule has 7 heteroatoms. The molecule has 1 aromatic heterocycles. The predicted octanol–water partition coefficient (Wildman–Crippen LogP) is 4.30. The number of nitrogens with one attached hydrogen (secondary N) is 3. The maximum Gasteiger partial charge on any atom is 0.228 e. The Hall–Kier alpha value is -3.19. The SMILES string of the molecule is CCCCNC(=O)[C@H]1C[C@@H](C(=O)Nc2ccc(F)cc2)CN(Cc2c[nH]c3ccccc23)C1. The molecule has 1 aliphatic rings. The van der Waals surface area contributed by atoms with Crippen molar-refractivity contribution in [3.63, 3.8) is 0 Å². The van der Waals surface area contributed by atoms with E-state index in [9.17, 15) is 14.0 Å². The van der Waals surface area contributed by atoms with E-state index in [-0.39, 0.29) is 29.5 Å². The van der Waals surface area contributed by atoms with Crippen LogP contribution in [0.15, 0.2) is 54.7 Å². The van der Waals surface area contributed by atoms with Gasteiger partial charge in [0.1, 0.15) is 5.82 Å². The Kier molecular flexibility index (Phi) is 7.40. The van der Waals surface area contributed by atoms with E-state index >= 15 is 0 Å². The molecule has 1 saturated heterocycles. The lowest BCUT2D eigenvalue weighted by atomic mass is 9.87. The minimum Gasteiger partial charge on any atom is -0.361 e. The minimum atomic E-state index is -0.348. The van der Waals surface area contributed by atoms with E-state index in [1.807, 2.05) is 24.4 Å². The quantitative estimate of drug-likeness (QED) is 0.448. The van der Waals surface area contributed by atoms with E-state index in [1.54, 1.807) is 12.1 Å². The van der Waals surface area contributed by atoms with Crippen molar-refractivity contribution in [3.05, 3.63) is 66.1 Å². The molecule has 6 nitrogen and oxygen atoms in total. The van der Waals surface area contributed by atoms with E-state index in [1.165, 1.54) is 12.1 Å². The van der Waals surface area contributed by atoms with Gasteiger partial charge in [-0.2, -0.15) is 0 Å². The van der Waals surface area contributed by atoms with Crippen LogP contribution in [-0.4, -0.2) is 41.3 Å². The molecule has 4 rings (SSSR count). The van der Waals surface area contributed by atoms with Crippen molar-refractivity contribution in [1.82, 2.24) is 15.2 Å². The number of carbonyl (C=O) groups is 2. The molecule has 2 heterocycles. The molecule has 2 amide bonds. The van der Waals surface area contributed by atoms with Crippen molar-refractivity contribution in [2.45, 2.75) is 32.7 Å². The van der Waals surface area contributed by atoms with Crippen molar-refractivity contribution < 1.29 is 14.0 Å². The molecule has 0 unspecified atom stereocenters. The van der Waals surface area contributed by atoms with E-state index in [0.29, 0.717) is 38.3 Å². The molecule has 1 fully saturated rings. The third-order valence-corrected chi connectivity index (χ3v) is 6.28. The zero-order valence-electron chi connectivity index (χ0n) is 18.9. The summed E-state index contributed by atoms with van der Waals surface area (Å²) < 4.78 is 13.2. The summed E-state index contributed by atoms with van der Waals surface area (Å²) in [4.78, 5) is 31.4. The molecule has 3 N–H and O–H groups in total. The maximum absolute atomic E-state index is 13.2. The van der Waals surface area contributed by atoms with Crippen LogP contribution in [0.4, 0.5) is 10.1 Å². The largest absolute Gasteiger partial charge is 0.361 e. The van der Waals surface area contributed by atoms with Crippen LogP contribution >= 0.6 is 0 Å². The van der Waals surface area contributed by atoms with E-state index in [0.717, 1.165) is 29.3 Å². The molecule has 2 aromatic carbocycles. The first-order valence-corrected chi connectivity index (χ1v) is 11.6. The number of nitrogens with zero attached hydrogens (tertiary/aromatic N) is 1. The summed E-state index contributed by atoms with van der Waals surface area (Å²) >= 11 is 0. The number of anilines is 1. The summed E-state index contributed by atoms with van der Waals surface area (Å²) in [5.74, 6) is -1.08.